The molecule has 0 saturated carbocycles. The summed E-state index contributed by atoms with van der Waals surface area (Å²) in [6, 6.07) is 21.8. The Hall–Kier alpha value is -3.84. The number of ether oxygens (including phenoxy) is 1. The maximum Gasteiger partial charge on any atom is 0.255 e. The minimum Gasteiger partial charge on any atom is -0.497 e. The molecule has 0 aliphatic carbocycles. The molecule has 1 atom stereocenters. The van der Waals surface area contributed by atoms with E-state index in [1.54, 1.807) is 18.9 Å². The normalized spacial score (nSPS) is 16.2. The molecule has 3 aromatic carbocycles. The Kier molecular flexibility index (Phi) is 6.68. The van der Waals surface area contributed by atoms with E-state index >= 15 is 0 Å². The van der Waals surface area contributed by atoms with Gasteiger partial charge in [-0.2, -0.15) is 0 Å². The number of carbonyl (C=O) groups is 1. The molecular formula is C28H28N4O2S. The first-order chi connectivity index (χ1) is 17.1. The van der Waals surface area contributed by atoms with Crippen LogP contribution >= 0.6 is 11.8 Å². The van der Waals surface area contributed by atoms with E-state index in [2.05, 4.69) is 27.1 Å². The highest BCUT2D eigenvalue weighted by atomic mass is 32.2. The number of methoxy groups -OCH3 is 1. The molecule has 1 unspecified atom stereocenters. The van der Waals surface area contributed by atoms with Crippen molar-refractivity contribution in [2.45, 2.75) is 29.2 Å². The van der Waals surface area contributed by atoms with Crippen LogP contribution in [0.2, 0.25) is 0 Å². The fraction of sp³-hybridized carbons (Fsp3) is 0.179. The van der Waals surface area contributed by atoms with Gasteiger partial charge in [0, 0.05) is 39.5 Å². The predicted molar refractivity (Wildman–Crippen MR) is 142 cm³/mol. The zero-order valence-electron chi connectivity index (χ0n) is 19.7. The molecule has 0 spiro atoms. The van der Waals surface area contributed by atoms with Crippen molar-refractivity contribution in [3.05, 3.63) is 102 Å². The first kappa shape index (κ1) is 22.9. The van der Waals surface area contributed by atoms with Crippen LogP contribution in [0.4, 0.5) is 11.4 Å². The summed E-state index contributed by atoms with van der Waals surface area (Å²) < 4.78 is 5.29. The number of hydrogen-bond donors (Lipinski definition) is 3. The zero-order valence-corrected chi connectivity index (χ0v) is 20.6. The Morgan fingerprint density at radius 3 is 2.71 bits per heavy atom. The largest absolute Gasteiger partial charge is 0.497 e. The van der Waals surface area contributed by atoms with Gasteiger partial charge in [0.15, 0.2) is 0 Å². The predicted octanol–water partition coefficient (Wildman–Crippen LogP) is 5.81. The van der Waals surface area contributed by atoms with Crippen LogP contribution in [-0.4, -0.2) is 30.6 Å². The highest BCUT2D eigenvalue weighted by molar-refractivity contribution is 7.99. The van der Waals surface area contributed by atoms with Crippen LogP contribution in [0, 0.1) is 6.92 Å². The van der Waals surface area contributed by atoms with Gasteiger partial charge in [0.25, 0.3) is 5.91 Å². The third kappa shape index (κ3) is 5.15. The minimum atomic E-state index is -0.138. The number of nitrogens with one attached hydrogen (secondary N) is 3. The maximum absolute atomic E-state index is 13.1. The summed E-state index contributed by atoms with van der Waals surface area (Å²) in [4.78, 5) is 15.2. The number of nitrogens with zero attached hydrogens (tertiary/aromatic N) is 1. The van der Waals surface area contributed by atoms with Gasteiger partial charge >= 0.3 is 0 Å². The number of fused-ring (bicyclic) bond motifs is 1. The summed E-state index contributed by atoms with van der Waals surface area (Å²) in [5.41, 5.74) is 8.09. The third-order valence-electron chi connectivity index (χ3n) is 6.14. The average Bonchev–Trinajstić information content (AvgIpc) is 3.37. The third-order valence-corrected chi connectivity index (χ3v) is 7.22. The van der Waals surface area contributed by atoms with Crippen molar-refractivity contribution >= 4 is 29.0 Å². The van der Waals surface area contributed by atoms with Crippen molar-refractivity contribution in [2.24, 2.45) is 0 Å². The summed E-state index contributed by atoms with van der Waals surface area (Å²) in [5, 5.41) is 8.61. The Morgan fingerprint density at radius 1 is 1.09 bits per heavy atom. The Labute approximate surface area is 210 Å². The lowest BCUT2D eigenvalue weighted by molar-refractivity contribution is 0.102. The van der Waals surface area contributed by atoms with Crippen LogP contribution < -0.4 is 20.8 Å². The van der Waals surface area contributed by atoms with Crippen LogP contribution in [0.1, 0.15) is 22.3 Å². The van der Waals surface area contributed by atoms with Gasteiger partial charge in [-0.1, -0.05) is 30.0 Å². The minimum absolute atomic E-state index is 0.138. The molecule has 0 bridgehead atoms. The number of aryl methyl sites for hydroxylation is 1. The van der Waals surface area contributed by atoms with Crippen LogP contribution in [-0.2, 0) is 0 Å². The summed E-state index contributed by atoms with van der Waals surface area (Å²) in [5.74, 6) is 0.683. The quantitative estimate of drug-likeness (QED) is 0.393. The fourth-order valence-electron chi connectivity index (χ4n) is 4.21. The summed E-state index contributed by atoms with van der Waals surface area (Å²) in [6.07, 6.45) is 7.21. The second-order valence-electron chi connectivity index (χ2n) is 8.47. The van der Waals surface area contributed by atoms with E-state index in [4.69, 9.17) is 4.74 Å². The van der Waals surface area contributed by atoms with Crippen molar-refractivity contribution in [3.63, 3.8) is 0 Å². The van der Waals surface area contributed by atoms with Gasteiger partial charge < -0.3 is 15.4 Å². The van der Waals surface area contributed by atoms with E-state index in [0.29, 0.717) is 5.56 Å². The molecule has 0 radical (unpaired) electrons. The Balaban J connectivity index is 1.43. The molecule has 3 aromatic rings. The number of carbonyl (C=O) groups excluding carboxylic acids is 1. The topological polar surface area (TPSA) is 65.6 Å². The average molecular weight is 485 g/mol. The van der Waals surface area contributed by atoms with Gasteiger partial charge in [0.05, 0.1) is 18.8 Å². The summed E-state index contributed by atoms with van der Waals surface area (Å²) >= 11 is 1.64. The van der Waals surface area contributed by atoms with E-state index in [9.17, 15) is 4.79 Å². The highest BCUT2D eigenvalue weighted by Crippen LogP contribution is 2.36. The Morgan fingerprint density at radius 2 is 1.91 bits per heavy atom. The monoisotopic (exact) mass is 484 g/mol. The van der Waals surface area contributed by atoms with Crippen molar-refractivity contribution in [1.29, 1.82) is 0 Å². The number of rotatable bonds is 7. The standard InChI is InChI=1S/C28H28N4O2S/c1-19-6-3-4-7-23(19)30-28(33)20-9-14-27(35-22-12-10-21(34-2)11-13-22)25(18-20)31-32-17-5-8-24-26(32)15-16-29-24/h3-14,17-18,26,29,31H,15-16H2,1-2H3,(H,30,33). The number of anilines is 2. The maximum atomic E-state index is 13.1. The number of para-hydroxylation sites is 1. The van der Waals surface area contributed by atoms with Gasteiger partial charge in [0.2, 0.25) is 0 Å². The van der Waals surface area contributed by atoms with Gasteiger partial charge in [-0.05, 0) is 79.6 Å². The van der Waals surface area contributed by atoms with Crippen molar-refractivity contribution < 1.29 is 9.53 Å². The molecule has 1 saturated heterocycles. The molecule has 2 heterocycles. The lowest BCUT2D eigenvalue weighted by atomic mass is 10.1. The molecule has 3 N–H and O–H groups in total. The molecule has 2 aliphatic rings. The molecule has 7 heteroatoms. The van der Waals surface area contributed by atoms with Crippen LogP contribution in [0.25, 0.3) is 0 Å². The van der Waals surface area contributed by atoms with E-state index in [1.165, 1.54) is 5.70 Å². The second kappa shape index (κ2) is 10.2. The summed E-state index contributed by atoms with van der Waals surface area (Å²) in [7, 11) is 1.66. The molecule has 6 nitrogen and oxygen atoms in total. The molecule has 1 amide bonds. The highest BCUT2D eigenvalue weighted by Gasteiger charge is 2.27. The molecular weight excluding hydrogens is 456 g/mol. The van der Waals surface area contributed by atoms with Gasteiger partial charge in [-0.15, -0.1) is 0 Å². The number of allylic oxidation sites excluding steroid dienone is 2. The lowest BCUT2D eigenvalue weighted by Crippen LogP contribution is -2.37. The van der Waals surface area contributed by atoms with Crippen molar-refractivity contribution in [3.8, 4) is 5.75 Å². The summed E-state index contributed by atoms with van der Waals surface area (Å²) in [6.45, 7) is 2.93. The van der Waals surface area contributed by atoms with Crippen LogP contribution in [0.3, 0.4) is 0 Å². The van der Waals surface area contributed by atoms with Gasteiger partial charge in [0.1, 0.15) is 5.75 Å². The number of amides is 1. The second-order valence-corrected chi connectivity index (χ2v) is 9.59. The molecule has 178 valence electrons. The molecule has 0 aromatic heterocycles. The van der Waals surface area contributed by atoms with Crippen molar-refractivity contribution in [1.82, 2.24) is 10.3 Å². The smallest absolute Gasteiger partial charge is 0.255 e. The first-order valence-electron chi connectivity index (χ1n) is 11.6. The van der Waals surface area contributed by atoms with Crippen LogP contribution in [0.15, 0.2) is 101 Å². The van der Waals surface area contributed by atoms with E-state index in [1.807, 2.05) is 85.9 Å². The number of benzene rings is 3. The van der Waals surface area contributed by atoms with E-state index in [0.717, 1.165) is 45.4 Å². The van der Waals surface area contributed by atoms with Crippen molar-refractivity contribution in [2.75, 3.05) is 24.4 Å². The fourth-order valence-corrected chi connectivity index (χ4v) is 5.09. The lowest BCUT2D eigenvalue weighted by Gasteiger charge is -2.32. The molecule has 5 rings (SSSR count). The van der Waals surface area contributed by atoms with Gasteiger partial charge in [-0.3, -0.25) is 15.2 Å². The molecule has 2 aliphatic heterocycles. The SMILES string of the molecule is COc1ccc(Sc2ccc(C(=O)Nc3ccccc3C)cc2NN2C=CC=C3NCCC32)cc1. The first-order valence-corrected chi connectivity index (χ1v) is 12.4. The number of hydrazine groups is 1. The van der Waals surface area contributed by atoms with Gasteiger partial charge in [-0.25, -0.2) is 0 Å². The van der Waals surface area contributed by atoms with E-state index in [-0.39, 0.29) is 11.9 Å². The molecule has 1 fully saturated rings. The Bertz CT molecular complexity index is 1290. The van der Waals surface area contributed by atoms with E-state index < -0.39 is 0 Å². The molecule has 35 heavy (non-hydrogen) atoms. The number of hydrogen-bond acceptors (Lipinski definition) is 6. The zero-order chi connectivity index (χ0) is 24.2. The van der Waals surface area contributed by atoms with Crippen LogP contribution in [0.5, 0.6) is 5.75 Å².